The Labute approximate surface area is 83.5 Å². The molecule has 2 heterocycles. The Morgan fingerprint density at radius 1 is 1.64 bits per heavy atom. The topological polar surface area (TPSA) is 60.2 Å². The van der Waals surface area contributed by atoms with Gasteiger partial charge in [0.15, 0.2) is 0 Å². The van der Waals surface area contributed by atoms with Gasteiger partial charge in [0.1, 0.15) is 5.82 Å². The van der Waals surface area contributed by atoms with E-state index in [2.05, 4.69) is 16.4 Å². The first-order chi connectivity index (χ1) is 6.77. The SMILES string of the molecule is Cc1cnc(N)c(C2COCCN2)c1. The van der Waals surface area contributed by atoms with Crippen LogP contribution in [0.1, 0.15) is 17.2 Å². The fourth-order valence-corrected chi connectivity index (χ4v) is 1.65. The summed E-state index contributed by atoms with van der Waals surface area (Å²) in [6.45, 7) is 4.34. The summed E-state index contributed by atoms with van der Waals surface area (Å²) in [5.74, 6) is 0.596. The van der Waals surface area contributed by atoms with Gasteiger partial charge in [0, 0.05) is 18.3 Å². The number of pyridine rings is 1. The van der Waals surface area contributed by atoms with E-state index in [1.54, 1.807) is 6.20 Å². The van der Waals surface area contributed by atoms with Crippen LogP contribution >= 0.6 is 0 Å². The van der Waals surface area contributed by atoms with Crippen LogP contribution in [0.15, 0.2) is 12.3 Å². The number of aryl methyl sites for hydroxylation is 1. The number of aromatic nitrogens is 1. The third-order valence-corrected chi connectivity index (χ3v) is 2.38. The molecule has 0 bridgehead atoms. The second kappa shape index (κ2) is 3.94. The smallest absolute Gasteiger partial charge is 0.128 e. The van der Waals surface area contributed by atoms with Crippen molar-refractivity contribution < 1.29 is 4.74 Å². The molecule has 1 aliphatic heterocycles. The van der Waals surface area contributed by atoms with Crippen molar-refractivity contribution in [2.24, 2.45) is 0 Å². The summed E-state index contributed by atoms with van der Waals surface area (Å²) in [7, 11) is 0. The van der Waals surface area contributed by atoms with E-state index in [-0.39, 0.29) is 6.04 Å². The molecule has 1 aliphatic rings. The molecule has 1 aromatic rings. The Morgan fingerprint density at radius 2 is 2.50 bits per heavy atom. The Balaban J connectivity index is 2.24. The second-order valence-corrected chi connectivity index (χ2v) is 3.57. The van der Waals surface area contributed by atoms with Gasteiger partial charge in [-0.25, -0.2) is 4.98 Å². The molecule has 1 fully saturated rings. The predicted molar refractivity (Wildman–Crippen MR) is 54.9 cm³/mol. The van der Waals surface area contributed by atoms with Crippen LogP contribution in [-0.4, -0.2) is 24.7 Å². The van der Waals surface area contributed by atoms with Crippen molar-refractivity contribution in [1.29, 1.82) is 0 Å². The van der Waals surface area contributed by atoms with Gasteiger partial charge < -0.3 is 15.8 Å². The van der Waals surface area contributed by atoms with E-state index in [4.69, 9.17) is 10.5 Å². The number of anilines is 1. The highest BCUT2D eigenvalue weighted by atomic mass is 16.5. The summed E-state index contributed by atoms with van der Waals surface area (Å²) in [5.41, 5.74) is 7.99. The minimum atomic E-state index is 0.191. The van der Waals surface area contributed by atoms with Gasteiger partial charge in [0.2, 0.25) is 0 Å². The molecule has 0 radical (unpaired) electrons. The number of ether oxygens (including phenoxy) is 1. The van der Waals surface area contributed by atoms with Crippen LogP contribution in [-0.2, 0) is 4.74 Å². The molecule has 0 aromatic carbocycles. The van der Waals surface area contributed by atoms with Gasteiger partial charge in [0.05, 0.1) is 19.3 Å². The van der Waals surface area contributed by atoms with Gasteiger partial charge >= 0.3 is 0 Å². The first-order valence-electron chi connectivity index (χ1n) is 4.80. The van der Waals surface area contributed by atoms with Crippen LogP contribution < -0.4 is 11.1 Å². The van der Waals surface area contributed by atoms with E-state index in [0.29, 0.717) is 12.4 Å². The van der Waals surface area contributed by atoms with Crippen LogP contribution in [0.5, 0.6) is 0 Å². The highest BCUT2D eigenvalue weighted by Gasteiger charge is 2.17. The molecular formula is C10H15N3O. The van der Waals surface area contributed by atoms with Crippen LogP contribution in [0.2, 0.25) is 0 Å². The molecule has 1 saturated heterocycles. The molecule has 0 spiro atoms. The lowest BCUT2D eigenvalue weighted by Crippen LogP contribution is -2.35. The van der Waals surface area contributed by atoms with Gasteiger partial charge in [-0.1, -0.05) is 0 Å². The van der Waals surface area contributed by atoms with Crippen molar-refractivity contribution in [3.8, 4) is 0 Å². The van der Waals surface area contributed by atoms with Gasteiger partial charge in [-0.05, 0) is 18.6 Å². The summed E-state index contributed by atoms with van der Waals surface area (Å²) >= 11 is 0. The maximum absolute atomic E-state index is 5.81. The van der Waals surface area contributed by atoms with Crippen molar-refractivity contribution in [2.75, 3.05) is 25.5 Å². The van der Waals surface area contributed by atoms with Gasteiger partial charge in [-0.2, -0.15) is 0 Å². The molecule has 3 N–H and O–H groups in total. The average molecular weight is 193 g/mol. The van der Waals surface area contributed by atoms with Crippen LogP contribution in [0.3, 0.4) is 0 Å². The second-order valence-electron chi connectivity index (χ2n) is 3.57. The molecule has 1 aromatic heterocycles. The lowest BCUT2D eigenvalue weighted by molar-refractivity contribution is 0.0770. The number of nitrogen functional groups attached to an aromatic ring is 1. The van der Waals surface area contributed by atoms with Crippen LogP contribution in [0, 0.1) is 6.92 Å². The zero-order valence-corrected chi connectivity index (χ0v) is 8.29. The standard InChI is InChI=1S/C10H15N3O/c1-7-4-8(10(11)13-5-7)9-6-14-3-2-12-9/h4-5,9,12H,2-3,6H2,1H3,(H2,11,13). The van der Waals surface area contributed by atoms with E-state index >= 15 is 0 Å². The zero-order valence-electron chi connectivity index (χ0n) is 8.29. The molecule has 0 saturated carbocycles. The average Bonchev–Trinajstić information content (AvgIpc) is 2.23. The molecule has 2 rings (SSSR count). The number of nitrogens with one attached hydrogen (secondary N) is 1. The highest BCUT2D eigenvalue weighted by Crippen LogP contribution is 2.21. The van der Waals surface area contributed by atoms with Crippen molar-refractivity contribution in [2.45, 2.75) is 13.0 Å². The number of hydrogen-bond donors (Lipinski definition) is 2. The van der Waals surface area contributed by atoms with E-state index in [1.165, 1.54) is 0 Å². The van der Waals surface area contributed by atoms with Crippen molar-refractivity contribution in [3.05, 3.63) is 23.4 Å². The highest BCUT2D eigenvalue weighted by molar-refractivity contribution is 5.43. The summed E-state index contributed by atoms with van der Waals surface area (Å²) in [6, 6.07) is 2.26. The van der Waals surface area contributed by atoms with Gasteiger partial charge in [0.25, 0.3) is 0 Å². The summed E-state index contributed by atoms with van der Waals surface area (Å²) in [4.78, 5) is 4.14. The molecule has 1 atom stereocenters. The Hall–Kier alpha value is -1.13. The largest absolute Gasteiger partial charge is 0.383 e. The zero-order chi connectivity index (χ0) is 9.97. The maximum Gasteiger partial charge on any atom is 0.128 e. The number of nitrogens with two attached hydrogens (primary N) is 1. The van der Waals surface area contributed by atoms with E-state index in [0.717, 1.165) is 24.3 Å². The fourth-order valence-electron chi connectivity index (χ4n) is 1.65. The van der Waals surface area contributed by atoms with E-state index in [1.807, 2.05) is 6.92 Å². The molecule has 0 aliphatic carbocycles. The van der Waals surface area contributed by atoms with Crippen molar-refractivity contribution in [3.63, 3.8) is 0 Å². The number of nitrogens with zero attached hydrogens (tertiary/aromatic N) is 1. The van der Waals surface area contributed by atoms with Crippen LogP contribution in [0.4, 0.5) is 5.82 Å². The molecule has 0 amide bonds. The minimum Gasteiger partial charge on any atom is -0.383 e. The van der Waals surface area contributed by atoms with Crippen LogP contribution in [0.25, 0.3) is 0 Å². The Bertz CT molecular complexity index is 321. The van der Waals surface area contributed by atoms with Crippen molar-refractivity contribution in [1.82, 2.24) is 10.3 Å². The normalized spacial score (nSPS) is 22.2. The summed E-state index contributed by atoms with van der Waals surface area (Å²) in [6.07, 6.45) is 1.78. The van der Waals surface area contributed by atoms with E-state index < -0.39 is 0 Å². The Morgan fingerprint density at radius 3 is 3.21 bits per heavy atom. The number of hydrogen-bond acceptors (Lipinski definition) is 4. The molecule has 14 heavy (non-hydrogen) atoms. The molecule has 76 valence electrons. The first-order valence-corrected chi connectivity index (χ1v) is 4.80. The Kier molecular flexibility index (Phi) is 2.65. The third-order valence-electron chi connectivity index (χ3n) is 2.38. The fraction of sp³-hybridized carbons (Fsp3) is 0.500. The van der Waals surface area contributed by atoms with Gasteiger partial charge in [-0.3, -0.25) is 0 Å². The molecule has 4 heteroatoms. The first kappa shape index (κ1) is 9.43. The number of morpholine rings is 1. The monoisotopic (exact) mass is 193 g/mol. The lowest BCUT2D eigenvalue weighted by Gasteiger charge is -2.24. The predicted octanol–water partition coefficient (Wildman–Crippen LogP) is 0.633. The molecular weight excluding hydrogens is 178 g/mol. The van der Waals surface area contributed by atoms with Crippen molar-refractivity contribution >= 4 is 5.82 Å². The molecule has 4 nitrogen and oxygen atoms in total. The van der Waals surface area contributed by atoms with E-state index in [9.17, 15) is 0 Å². The lowest BCUT2D eigenvalue weighted by atomic mass is 10.1. The summed E-state index contributed by atoms with van der Waals surface area (Å²) in [5, 5.41) is 3.36. The quantitative estimate of drug-likeness (QED) is 0.687. The maximum atomic E-state index is 5.81. The summed E-state index contributed by atoms with van der Waals surface area (Å²) < 4.78 is 5.39. The number of rotatable bonds is 1. The third kappa shape index (κ3) is 1.86. The molecule has 1 unspecified atom stereocenters. The minimum absolute atomic E-state index is 0.191. The van der Waals surface area contributed by atoms with Gasteiger partial charge in [-0.15, -0.1) is 0 Å².